The Morgan fingerprint density at radius 1 is 1.10 bits per heavy atom. The van der Waals surface area contributed by atoms with E-state index in [2.05, 4.69) is 0 Å². The first kappa shape index (κ1) is 19.2. The fraction of sp³-hybridized carbons (Fsp3) is 0.304. The highest BCUT2D eigenvalue weighted by atomic mass is 16.6. The number of carbonyl (C=O) groups is 2. The van der Waals surface area contributed by atoms with Crippen molar-refractivity contribution in [2.24, 2.45) is 0 Å². The second kappa shape index (κ2) is 7.72. The number of nitrogens with zero attached hydrogens (tertiary/aromatic N) is 1. The second-order valence-electron chi connectivity index (χ2n) is 7.33. The summed E-state index contributed by atoms with van der Waals surface area (Å²) in [5.41, 5.74) is 1.79. The molecule has 1 spiro atoms. The lowest BCUT2D eigenvalue weighted by atomic mass is 9.90. The standard InChI is InChI=1S/C23H23NO5/c1-2-28-23(27)21-18(25)13-14-24(21)15-19(26)29-22(17-11-7-4-8-12-17)20(24)16-9-5-3-6-10-16/h3-12,20,22H,2,13-15H2,1H3/t20-,22+,24-/m0/s1. The first-order valence-corrected chi connectivity index (χ1v) is 9.81. The van der Waals surface area contributed by atoms with Crippen LogP contribution in [0.2, 0.25) is 0 Å². The minimum absolute atomic E-state index is 0.0540. The van der Waals surface area contributed by atoms with Crippen LogP contribution in [0.15, 0.2) is 72.1 Å². The molecule has 0 radical (unpaired) electrons. The number of morpholine rings is 1. The van der Waals surface area contributed by atoms with E-state index in [1.54, 1.807) is 6.92 Å². The number of carbonyl (C=O) groups excluding carboxylic acids is 2. The first-order chi connectivity index (χ1) is 14.1. The quantitative estimate of drug-likeness (QED) is 0.589. The Balaban J connectivity index is 1.91. The minimum Gasteiger partial charge on any atom is -0.871 e. The number of cyclic esters (lactones) is 1. The molecule has 2 aliphatic heterocycles. The molecule has 0 N–H and O–H groups in total. The normalized spacial score (nSPS) is 26.4. The van der Waals surface area contributed by atoms with E-state index in [1.807, 2.05) is 60.7 Å². The topological polar surface area (TPSA) is 75.7 Å². The van der Waals surface area contributed by atoms with Gasteiger partial charge >= 0.3 is 11.9 Å². The number of benzene rings is 2. The van der Waals surface area contributed by atoms with Gasteiger partial charge in [0.25, 0.3) is 0 Å². The van der Waals surface area contributed by atoms with Gasteiger partial charge < -0.3 is 14.6 Å². The van der Waals surface area contributed by atoms with Crippen LogP contribution >= 0.6 is 0 Å². The molecule has 1 saturated heterocycles. The van der Waals surface area contributed by atoms with Crippen LogP contribution in [-0.2, 0) is 19.1 Å². The summed E-state index contributed by atoms with van der Waals surface area (Å²) in [6, 6.07) is 18.7. The van der Waals surface area contributed by atoms with Crippen molar-refractivity contribution < 1.29 is 28.7 Å². The van der Waals surface area contributed by atoms with Crippen molar-refractivity contribution in [1.29, 1.82) is 0 Å². The van der Waals surface area contributed by atoms with Crippen LogP contribution in [0.1, 0.15) is 36.6 Å². The molecule has 29 heavy (non-hydrogen) atoms. The molecule has 6 nitrogen and oxygen atoms in total. The largest absolute Gasteiger partial charge is 0.871 e. The van der Waals surface area contributed by atoms with E-state index < -0.39 is 24.1 Å². The lowest BCUT2D eigenvalue weighted by Gasteiger charge is -2.47. The third-order valence-electron chi connectivity index (χ3n) is 5.67. The third-order valence-corrected chi connectivity index (χ3v) is 5.67. The van der Waals surface area contributed by atoms with E-state index in [0.29, 0.717) is 6.54 Å². The number of quaternary nitrogens is 1. The van der Waals surface area contributed by atoms with E-state index in [-0.39, 0.29) is 35.5 Å². The van der Waals surface area contributed by atoms with Crippen LogP contribution in [0.4, 0.5) is 0 Å². The van der Waals surface area contributed by atoms with Gasteiger partial charge in [-0.05, 0) is 12.5 Å². The van der Waals surface area contributed by atoms with Gasteiger partial charge in [0, 0.05) is 12.0 Å². The van der Waals surface area contributed by atoms with Crippen molar-refractivity contribution in [3.63, 3.8) is 0 Å². The van der Waals surface area contributed by atoms with Crippen molar-refractivity contribution in [3.8, 4) is 0 Å². The molecule has 2 aliphatic rings. The molecule has 0 amide bonds. The summed E-state index contributed by atoms with van der Waals surface area (Å²) in [5, 5.41) is 12.8. The van der Waals surface area contributed by atoms with Gasteiger partial charge in [0.1, 0.15) is 0 Å². The summed E-state index contributed by atoms with van der Waals surface area (Å²) in [7, 11) is 0. The van der Waals surface area contributed by atoms with Crippen molar-refractivity contribution in [2.45, 2.75) is 25.5 Å². The van der Waals surface area contributed by atoms with Gasteiger partial charge in [0.05, 0.1) is 13.2 Å². The highest BCUT2D eigenvalue weighted by molar-refractivity contribution is 5.87. The molecule has 0 aromatic heterocycles. The van der Waals surface area contributed by atoms with Crippen molar-refractivity contribution in [3.05, 3.63) is 83.2 Å². The zero-order valence-corrected chi connectivity index (χ0v) is 16.2. The average Bonchev–Trinajstić information content (AvgIpc) is 3.05. The van der Waals surface area contributed by atoms with E-state index in [4.69, 9.17) is 9.47 Å². The Hall–Kier alpha value is -3.12. The van der Waals surface area contributed by atoms with Crippen molar-refractivity contribution in [1.82, 2.24) is 0 Å². The number of hydrogen-bond donors (Lipinski definition) is 0. The molecule has 0 saturated carbocycles. The molecule has 0 bridgehead atoms. The highest BCUT2D eigenvalue weighted by Crippen LogP contribution is 2.50. The lowest BCUT2D eigenvalue weighted by Crippen LogP contribution is -2.58. The zero-order chi connectivity index (χ0) is 20.4. The summed E-state index contributed by atoms with van der Waals surface area (Å²) < 4.78 is 11.0. The molecule has 3 atom stereocenters. The third kappa shape index (κ3) is 3.29. The summed E-state index contributed by atoms with van der Waals surface area (Å²) >= 11 is 0. The predicted octanol–water partition coefficient (Wildman–Crippen LogP) is 2.38. The monoisotopic (exact) mass is 393 g/mol. The Morgan fingerprint density at radius 3 is 2.34 bits per heavy atom. The van der Waals surface area contributed by atoms with Crippen LogP contribution in [0.5, 0.6) is 0 Å². The maximum absolute atomic E-state index is 12.8. The Morgan fingerprint density at radius 2 is 1.72 bits per heavy atom. The summed E-state index contributed by atoms with van der Waals surface area (Å²) in [4.78, 5) is 25.5. The number of ether oxygens (including phenoxy) is 2. The SMILES string of the molecule is CCOC(=O)C1=C([O-])CC[N@@+]12CC(=O)O[C@H](c1ccccc1)[C@@H]2c1ccccc1. The molecular weight excluding hydrogens is 370 g/mol. The summed E-state index contributed by atoms with van der Waals surface area (Å²) in [6.45, 7) is 2.17. The van der Waals surface area contributed by atoms with Gasteiger partial charge in [-0.3, -0.25) is 4.48 Å². The van der Waals surface area contributed by atoms with Crippen molar-refractivity contribution in [2.75, 3.05) is 19.7 Å². The van der Waals surface area contributed by atoms with Gasteiger partial charge in [0.2, 0.25) is 5.70 Å². The Bertz CT molecular complexity index is 940. The van der Waals surface area contributed by atoms with E-state index in [1.165, 1.54) is 0 Å². The fourth-order valence-electron chi connectivity index (χ4n) is 4.55. The molecule has 6 heteroatoms. The van der Waals surface area contributed by atoms with Crippen molar-refractivity contribution >= 4 is 11.9 Å². The van der Waals surface area contributed by atoms with Gasteiger partial charge in [-0.15, -0.1) is 0 Å². The van der Waals surface area contributed by atoms with Gasteiger partial charge in [-0.2, -0.15) is 0 Å². The Kier molecular flexibility index (Phi) is 5.11. The zero-order valence-electron chi connectivity index (χ0n) is 16.2. The molecule has 1 fully saturated rings. The molecule has 4 rings (SSSR count). The molecular formula is C23H23NO5. The smallest absolute Gasteiger partial charge is 0.391 e. The van der Waals surface area contributed by atoms with Gasteiger partial charge in [-0.1, -0.05) is 66.4 Å². The van der Waals surface area contributed by atoms with Gasteiger partial charge in [0.15, 0.2) is 18.7 Å². The number of esters is 2. The first-order valence-electron chi connectivity index (χ1n) is 9.81. The molecule has 0 unspecified atom stereocenters. The second-order valence-corrected chi connectivity index (χ2v) is 7.33. The molecule has 2 aromatic rings. The van der Waals surface area contributed by atoms with Crippen LogP contribution < -0.4 is 5.11 Å². The average molecular weight is 393 g/mol. The molecule has 0 aliphatic carbocycles. The Labute approximate surface area is 169 Å². The van der Waals surface area contributed by atoms with Crippen LogP contribution in [-0.4, -0.2) is 36.1 Å². The van der Waals surface area contributed by atoms with Crippen LogP contribution in [0.25, 0.3) is 0 Å². The summed E-state index contributed by atoms with van der Waals surface area (Å²) in [5.74, 6) is -1.33. The number of rotatable bonds is 4. The predicted molar refractivity (Wildman–Crippen MR) is 103 cm³/mol. The number of hydrogen-bond acceptors (Lipinski definition) is 5. The van der Waals surface area contributed by atoms with E-state index in [0.717, 1.165) is 11.1 Å². The van der Waals surface area contributed by atoms with Gasteiger partial charge in [-0.25, -0.2) is 9.59 Å². The molecule has 150 valence electrons. The maximum Gasteiger partial charge on any atom is 0.391 e. The van der Waals surface area contributed by atoms with E-state index in [9.17, 15) is 14.7 Å². The molecule has 2 heterocycles. The highest BCUT2D eigenvalue weighted by Gasteiger charge is 2.57. The fourth-order valence-corrected chi connectivity index (χ4v) is 4.55. The lowest BCUT2D eigenvalue weighted by molar-refractivity contribution is -0.917. The van der Waals surface area contributed by atoms with E-state index >= 15 is 0 Å². The maximum atomic E-state index is 12.8. The summed E-state index contributed by atoms with van der Waals surface area (Å²) in [6.07, 6.45) is -0.415. The molecule has 2 aromatic carbocycles. The van der Waals surface area contributed by atoms with Crippen LogP contribution in [0.3, 0.4) is 0 Å². The van der Waals surface area contributed by atoms with Crippen LogP contribution in [0, 0.1) is 0 Å². The minimum atomic E-state index is -0.641.